The van der Waals surface area contributed by atoms with Crippen LogP contribution in [0.15, 0.2) is 0 Å². The molecule has 6 bridgehead atoms. The second-order valence-electron chi connectivity index (χ2n) is 9.75. The third kappa shape index (κ3) is 5.57. The van der Waals surface area contributed by atoms with Crippen molar-refractivity contribution in [2.45, 2.75) is 129 Å². The predicted octanol–water partition coefficient (Wildman–Crippen LogP) is 4.39. The van der Waals surface area contributed by atoms with Gasteiger partial charge in [-0.15, -0.1) is 0 Å². The van der Waals surface area contributed by atoms with E-state index in [1.807, 2.05) is 41.5 Å². The van der Waals surface area contributed by atoms with Crippen LogP contribution in [0, 0.1) is 23.7 Å². The smallest absolute Gasteiger partial charge is 0.312 e. The first-order valence-electron chi connectivity index (χ1n) is 13.9. The lowest BCUT2D eigenvalue weighted by Gasteiger charge is -2.11. The number of carbonyl (C=O) groups excluding carboxylic acids is 2. The molecule has 10 atom stereocenters. The van der Waals surface area contributed by atoms with Crippen molar-refractivity contribution in [1.29, 1.82) is 0 Å². The lowest BCUT2D eigenvalue weighted by Crippen LogP contribution is -2.22. The van der Waals surface area contributed by atoms with Gasteiger partial charge < -0.3 is 14.2 Å². The Morgan fingerprint density at radius 1 is 0.714 bits per heavy atom. The molecule has 5 saturated heterocycles. The quantitative estimate of drug-likeness (QED) is 0.345. The van der Waals surface area contributed by atoms with Gasteiger partial charge in [0.05, 0.1) is 29.3 Å². The Hall–Kier alpha value is -1.19. The molecule has 8 fully saturated rings. The summed E-state index contributed by atoms with van der Waals surface area (Å²) in [5.41, 5.74) is 0. The van der Waals surface area contributed by atoms with Crippen LogP contribution in [-0.2, 0) is 38.1 Å². The van der Waals surface area contributed by atoms with Crippen LogP contribution in [-0.4, -0.2) is 56.1 Å². The summed E-state index contributed by atoms with van der Waals surface area (Å²) in [6.45, 7) is 12.0. The molecule has 0 aromatic carbocycles. The zero-order valence-electron chi connectivity index (χ0n) is 22.1. The van der Waals surface area contributed by atoms with Crippen molar-refractivity contribution in [3.8, 4) is 0 Å². The highest BCUT2D eigenvalue weighted by molar-refractivity contribution is 7.87. The molecule has 5 aliphatic heterocycles. The van der Waals surface area contributed by atoms with Crippen LogP contribution in [0.3, 0.4) is 0 Å². The molecule has 3 saturated carbocycles. The van der Waals surface area contributed by atoms with Gasteiger partial charge in [0, 0.05) is 12.3 Å². The van der Waals surface area contributed by atoms with E-state index < -0.39 is 10.1 Å². The van der Waals surface area contributed by atoms with Crippen molar-refractivity contribution < 1.29 is 36.4 Å². The molecule has 0 N–H and O–H groups in total. The van der Waals surface area contributed by atoms with Crippen LogP contribution in [0.5, 0.6) is 0 Å². The van der Waals surface area contributed by atoms with E-state index in [-0.39, 0.29) is 47.3 Å². The van der Waals surface area contributed by atoms with Gasteiger partial charge in [-0.2, -0.15) is 8.42 Å². The fourth-order valence-corrected chi connectivity index (χ4v) is 8.63. The Morgan fingerprint density at radius 2 is 1.43 bits per heavy atom. The summed E-state index contributed by atoms with van der Waals surface area (Å²) in [4.78, 5) is 21.6. The molecule has 3 aliphatic carbocycles. The van der Waals surface area contributed by atoms with Gasteiger partial charge in [0.15, 0.2) is 0 Å². The molecular weight excluding hydrogens is 472 g/mol. The zero-order chi connectivity index (χ0) is 25.9. The molecule has 8 aliphatic rings. The highest BCUT2D eigenvalue weighted by atomic mass is 32.2. The molecule has 0 spiro atoms. The van der Waals surface area contributed by atoms with Crippen molar-refractivity contribution in [3.63, 3.8) is 0 Å². The SMILES string of the molecule is CC.CC.CC.O=C1OC2CC3CC1C2O3.O=C1OC2CCC1C2.O=S1(=O)OC2CC3CC2C1C3. The summed E-state index contributed by atoms with van der Waals surface area (Å²) in [6, 6.07) is 0. The van der Waals surface area contributed by atoms with E-state index in [2.05, 4.69) is 0 Å². The van der Waals surface area contributed by atoms with Crippen LogP contribution in [0.2, 0.25) is 0 Å². The lowest BCUT2D eigenvalue weighted by molar-refractivity contribution is -0.147. The van der Waals surface area contributed by atoms with Crippen LogP contribution in [0.1, 0.15) is 92.9 Å². The minimum atomic E-state index is -3.13. The van der Waals surface area contributed by atoms with Crippen LogP contribution in [0.25, 0.3) is 0 Å². The second kappa shape index (κ2) is 11.9. The normalized spacial score (nSPS) is 44.2. The number of rotatable bonds is 0. The van der Waals surface area contributed by atoms with E-state index in [4.69, 9.17) is 18.4 Å². The fourth-order valence-electron chi connectivity index (χ4n) is 6.69. The highest BCUT2D eigenvalue weighted by Crippen LogP contribution is 2.54. The summed E-state index contributed by atoms with van der Waals surface area (Å²) >= 11 is 0. The Kier molecular flexibility index (Phi) is 9.65. The number of fused-ring (bicyclic) bond motifs is 4. The summed E-state index contributed by atoms with van der Waals surface area (Å²) in [6.07, 6.45) is 8.88. The number of carbonyl (C=O) groups is 2. The van der Waals surface area contributed by atoms with Crippen molar-refractivity contribution >= 4 is 22.1 Å². The third-order valence-corrected chi connectivity index (χ3v) is 9.81. The second-order valence-corrected chi connectivity index (χ2v) is 11.5. The molecule has 0 aromatic heterocycles. The molecule has 8 nitrogen and oxygen atoms in total. The van der Waals surface area contributed by atoms with Crippen molar-refractivity contribution in [1.82, 2.24) is 0 Å². The van der Waals surface area contributed by atoms with Gasteiger partial charge in [-0.05, 0) is 50.9 Å². The first-order chi connectivity index (χ1) is 16.9. The Balaban J connectivity index is 0.000000134. The van der Waals surface area contributed by atoms with E-state index >= 15 is 0 Å². The van der Waals surface area contributed by atoms with Crippen LogP contribution in [0.4, 0.5) is 0 Å². The highest BCUT2D eigenvalue weighted by Gasteiger charge is 2.59. The molecule has 0 aromatic rings. The predicted molar refractivity (Wildman–Crippen MR) is 131 cm³/mol. The molecular formula is C26H44O8S. The maximum Gasteiger partial charge on any atom is 0.312 e. The molecule has 35 heavy (non-hydrogen) atoms. The van der Waals surface area contributed by atoms with Gasteiger partial charge >= 0.3 is 11.9 Å². The monoisotopic (exact) mass is 516 g/mol. The van der Waals surface area contributed by atoms with E-state index in [9.17, 15) is 18.0 Å². The van der Waals surface area contributed by atoms with Gasteiger partial charge in [0.25, 0.3) is 10.1 Å². The molecule has 0 amide bonds. The summed E-state index contributed by atoms with van der Waals surface area (Å²) in [7, 11) is -3.13. The van der Waals surface area contributed by atoms with Gasteiger partial charge in [0.1, 0.15) is 18.3 Å². The van der Waals surface area contributed by atoms with E-state index in [1.54, 1.807) is 0 Å². The lowest BCUT2D eigenvalue weighted by atomic mass is 9.90. The molecule has 9 heteroatoms. The van der Waals surface area contributed by atoms with Gasteiger partial charge in [-0.1, -0.05) is 41.5 Å². The first-order valence-corrected chi connectivity index (χ1v) is 15.3. The van der Waals surface area contributed by atoms with Crippen molar-refractivity contribution in [3.05, 3.63) is 0 Å². The average molecular weight is 517 g/mol. The zero-order valence-corrected chi connectivity index (χ0v) is 22.9. The summed E-state index contributed by atoms with van der Waals surface area (Å²) < 4.78 is 43.0. The maximum absolute atomic E-state index is 11.3. The molecule has 10 unspecified atom stereocenters. The maximum atomic E-state index is 11.3. The van der Waals surface area contributed by atoms with Crippen molar-refractivity contribution in [2.75, 3.05) is 0 Å². The number of esters is 2. The van der Waals surface area contributed by atoms with Gasteiger partial charge in [0.2, 0.25) is 0 Å². The topological polar surface area (TPSA) is 105 Å². The molecule has 0 radical (unpaired) electrons. The van der Waals surface area contributed by atoms with Gasteiger partial charge in [-0.25, -0.2) is 0 Å². The number of ether oxygens (including phenoxy) is 3. The van der Waals surface area contributed by atoms with E-state index in [1.165, 1.54) is 0 Å². The number of hydrogen-bond donors (Lipinski definition) is 0. The minimum Gasteiger partial charge on any atom is -0.462 e. The van der Waals surface area contributed by atoms with Crippen molar-refractivity contribution in [2.24, 2.45) is 23.7 Å². The van der Waals surface area contributed by atoms with E-state index in [0.717, 1.165) is 51.4 Å². The van der Waals surface area contributed by atoms with E-state index in [0.29, 0.717) is 24.0 Å². The fraction of sp³-hybridized carbons (Fsp3) is 0.923. The summed E-state index contributed by atoms with van der Waals surface area (Å²) in [5, 5.41) is -0.133. The molecule has 202 valence electrons. The van der Waals surface area contributed by atoms with Gasteiger partial charge in [-0.3, -0.25) is 13.8 Å². The molecule has 8 rings (SSSR count). The third-order valence-electron chi connectivity index (χ3n) is 8.02. The number of hydrogen-bond acceptors (Lipinski definition) is 8. The molecule has 5 heterocycles. The van der Waals surface area contributed by atoms with Crippen LogP contribution >= 0.6 is 0 Å². The standard InChI is InChI=1S/C7H10O3S.C7H8O3.C6H8O2.3C2H6/c8-11(9)7-3-4-1-5(7)6(2-4)10-11;8-7-4-1-3-2-5(10-7)6(4)9-3;7-6-4-1-2-5(3-4)8-6;3*1-2/h4-7H,1-3H2;3-6H,1-2H2;4-5H,1-3H2;3*1-2H3. The largest absolute Gasteiger partial charge is 0.462 e. The Bertz CT molecular complexity index is 838. The minimum absolute atomic E-state index is 0.0324. The first kappa shape index (κ1) is 28.4. The average Bonchev–Trinajstić information content (AvgIpc) is 3.71. The Morgan fingerprint density at radius 3 is 1.83 bits per heavy atom. The van der Waals surface area contributed by atoms with Crippen LogP contribution < -0.4 is 0 Å². The summed E-state index contributed by atoms with van der Waals surface area (Å²) in [5.74, 6) is 1.37. The Labute approximate surface area is 210 Å².